The maximum atomic E-state index is 9.68. The average Bonchev–Trinajstić information content (AvgIpc) is 2.69. The Morgan fingerprint density at radius 1 is 1.27 bits per heavy atom. The van der Waals surface area contributed by atoms with Crippen molar-refractivity contribution in [3.63, 3.8) is 0 Å². The Morgan fingerprint density at radius 3 is 2.60 bits per heavy atom. The third kappa shape index (κ3) is 1.70. The molecule has 4 N–H and O–H groups in total. The summed E-state index contributed by atoms with van der Waals surface area (Å²) in [7, 11) is 0. The van der Waals surface area contributed by atoms with Crippen molar-refractivity contribution in [3.05, 3.63) is 16.7 Å². The van der Waals surface area contributed by atoms with Crippen LogP contribution in [0.3, 0.4) is 0 Å². The summed E-state index contributed by atoms with van der Waals surface area (Å²) in [4.78, 5) is 0. The van der Waals surface area contributed by atoms with Crippen molar-refractivity contribution < 1.29 is 15.3 Å². The summed E-state index contributed by atoms with van der Waals surface area (Å²) < 4.78 is 0. The van der Waals surface area contributed by atoms with Crippen molar-refractivity contribution in [2.45, 2.75) is 18.9 Å². The summed E-state index contributed by atoms with van der Waals surface area (Å²) in [6, 6.07) is 0.936. The first-order chi connectivity index (χ1) is 7.11. The molecule has 0 amide bonds. The molecule has 2 rings (SSSR count). The fourth-order valence-corrected chi connectivity index (χ4v) is 2.17. The molecule has 1 heterocycles. The van der Waals surface area contributed by atoms with Gasteiger partial charge in [0.25, 0.3) is 0 Å². The Morgan fingerprint density at radius 2 is 2.00 bits per heavy atom. The number of rotatable bonds is 1. The van der Waals surface area contributed by atoms with E-state index >= 15 is 0 Å². The van der Waals surface area contributed by atoms with Gasteiger partial charge in [0.1, 0.15) is 5.75 Å². The summed E-state index contributed by atoms with van der Waals surface area (Å²) in [5, 5.41) is 31.7. The highest BCUT2D eigenvalue weighted by atomic mass is 35.5. The minimum atomic E-state index is -0.347. The van der Waals surface area contributed by atoms with Crippen LogP contribution in [0.15, 0.2) is 6.07 Å². The number of phenolic OH excluding ortho intramolecular Hbond substituents is 3. The van der Waals surface area contributed by atoms with Crippen LogP contribution in [0.2, 0.25) is 5.02 Å². The molecule has 1 aromatic rings. The third-order valence-electron chi connectivity index (χ3n) is 2.64. The second-order valence-electron chi connectivity index (χ2n) is 3.64. The number of hydrogen-bond donors (Lipinski definition) is 4. The van der Waals surface area contributed by atoms with Crippen molar-refractivity contribution in [2.24, 2.45) is 0 Å². The van der Waals surface area contributed by atoms with Gasteiger partial charge in [0.2, 0.25) is 0 Å². The first-order valence-corrected chi connectivity index (χ1v) is 5.15. The lowest BCUT2D eigenvalue weighted by Crippen LogP contribution is -2.13. The quantitative estimate of drug-likeness (QED) is 0.438. The highest BCUT2D eigenvalue weighted by molar-refractivity contribution is 6.33. The van der Waals surface area contributed by atoms with E-state index in [4.69, 9.17) is 11.6 Å². The molecule has 1 unspecified atom stereocenters. The van der Waals surface area contributed by atoms with Gasteiger partial charge < -0.3 is 20.6 Å². The molecule has 0 saturated carbocycles. The number of nitrogens with one attached hydrogen (secondary N) is 1. The topological polar surface area (TPSA) is 72.7 Å². The molecule has 1 aromatic carbocycles. The number of phenols is 3. The third-order valence-corrected chi connectivity index (χ3v) is 3.04. The zero-order valence-electron chi connectivity index (χ0n) is 8.00. The van der Waals surface area contributed by atoms with Gasteiger partial charge in [-0.1, -0.05) is 11.6 Å². The van der Waals surface area contributed by atoms with E-state index in [2.05, 4.69) is 5.32 Å². The lowest BCUT2D eigenvalue weighted by molar-refractivity contribution is 0.386. The number of halogens is 1. The maximum absolute atomic E-state index is 9.68. The van der Waals surface area contributed by atoms with E-state index < -0.39 is 0 Å². The standard InChI is InChI=1S/C10H12ClNO3/c11-9-6(13)4-7(14)10(15)8(9)5-2-1-3-12-5/h4-5,12-15H,1-3H2. The van der Waals surface area contributed by atoms with Gasteiger partial charge >= 0.3 is 0 Å². The van der Waals surface area contributed by atoms with Crippen LogP contribution in [0.4, 0.5) is 0 Å². The van der Waals surface area contributed by atoms with Crippen LogP contribution < -0.4 is 5.32 Å². The molecule has 1 atom stereocenters. The number of benzene rings is 1. The van der Waals surface area contributed by atoms with Crippen molar-refractivity contribution in [1.29, 1.82) is 0 Å². The maximum Gasteiger partial charge on any atom is 0.164 e. The Balaban J connectivity index is 2.52. The molecule has 0 radical (unpaired) electrons. The highest BCUT2D eigenvalue weighted by Gasteiger charge is 2.25. The monoisotopic (exact) mass is 229 g/mol. The second-order valence-corrected chi connectivity index (χ2v) is 4.02. The van der Waals surface area contributed by atoms with Gasteiger partial charge in [-0.3, -0.25) is 0 Å². The molecule has 0 aliphatic carbocycles. The van der Waals surface area contributed by atoms with Crippen molar-refractivity contribution >= 4 is 11.6 Å². The Bertz CT molecular complexity index is 362. The van der Waals surface area contributed by atoms with Gasteiger partial charge in [0.05, 0.1) is 5.02 Å². The van der Waals surface area contributed by atoms with E-state index in [0.29, 0.717) is 5.56 Å². The normalized spacial score (nSPS) is 20.7. The lowest BCUT2D eigenvalue weighted by Gasteiger charge is -2.16. The molecule has 1 aliphatic rings. The van der Waals surface area contributed by atoms with Gasteiger partial charge in [-0.25, -0.2) is 0 Å². The molecule has 0 spiro atoms. The van der Waals surface area contributed by atoms with E-state index in [-0.39, 0.29) is 28.3 Å². The van der Waals surface area contributed by atoms with Gasteiger partial charge in [0, 0.05) is 17.7 Å². The molecule has 5 heteroatoms. The van der Waals surface area contributed by atoms with Crippen LogP contribution in [0, 0.1) is 0 Å². The van der Waals surface area contributed by atoms with Gasteiger partial charge in [-0.2, -0.15) is 0 Å². The van der Waals surface area contributed by atoms with Crippen molar-refractivity contribution in [3.8, 4) is 17.2 Å². The first kappa shape index (κ1) is 10.4. The molecule has 0 aromatic heterocycles. The minimum Gasteiger partial charge on any atom is -0.506 e. The lowest BCUT2D eigenvalue weighted by atomic mass is 10.0. The fourth-order valence-electron chi connectivity index (χ4n) is 1.89. The van der Waals surface area contributed by atoms with E-state index in [1.165, 1.54) is 0 Å². The largest absolute Gasteiger partial charge is 0.506 e. The Labute approximate surface area is 92.1 Å². The van der Waals surface area contributed by atoms with Crippen molar-refractivity contribution in [1.82, 2.24) is 5.32 Å². The molecule has 82 valence electrons. The van der Waals surface area contributed by atoms with Crippen LogP contribution in [-0.4, -0.2) is 21.9 Å². The van der Waals surface area contributed by atoms with Gasteiger partial charge in [0.15, 0.2) is 11.5 Å². The van der Waals surface area contributed by atoms with Crippen LogP contribution in [-0.2, 0) is 0 Å². The number of hydrogen-bond acceptors (Lipinski definition) is 4. The van der Waals surface area contributed by atoms with E-state index in [1.807, 2.05) is 0 Å². The highest BCUT2D eigenvalue weighted by Crippen LogP contribution is 2.45. The molecule has 1 saturated heterocycles. The Hall–Kier alpha value is -1.13. The summed E-state index contributed by atoms with van der Waals surface area (Å²) >= 11 is 5.89. The molecular weight excluding hydrogens is 218 g/mol. The predicted molar refractivity (Wildman–Crippen MR) is 56.4 cm³/mol. The minimum absolute atomic E-state index is 0.101. The molecule has 1 aliphatic heterocycles. The number of aromatic hydroxyl groups is 3. The van der Waals surface area contributed by atoms with Crippen LogP contribution in [0.25, 0.3) is 0 Å². The van der Waals surface area contributed by atoms with Gasteiger partial charge in [-0.15, -0.1) is 0 Å². The summed E-state index contributed by atoms with van der Waals surface area (Å²) in [6.45, 7) is 0.844. The molecule has 1 fully saturated rings. The summed E-state index contributed by atoms with van der Waals surface area (Å²) in [5.74, 6) is -0.812. The molecule has 15 heavy (non-hydrogen) atoms. The first-order valence-electron chi connectivity index (χ1n) is 4.78. The van der Waals surface area contributed by atoms with Crippen molar-refractivity contribution in [2.75, 3.05) is 6.54 Å². The van der Waals surface area contributed by atoms with Crippen LogP contribution in [0.1, 0.15) is 24.4 Å². The summed E-state index contributed by atoms with van der Waals surface area (Å²) in [6.07, 6.45) is 1.81. The average molecular weight is 230 g/mol. The summed E-state index contributed by atoms with van der Waals surface area (Å²) in [5.41, 5.74) is 0.381. The SMILES string of the molecule is Oc1cc(O)c(Cl)c(C2CCCN2)c1O. The van der Waals surface area contributed by atoms with E-state index in [1.54, 1.807) is 0 Å². The Kier molecular flexibility index (Phi) is 2.63. The zero-order chi connectivity index (χ0) is 11.0. The zero-order valence-corrected chi connectivity index (χ0v) is 8.75. The fraction of sp³-hybridized carbons (Fsp3) is 0.400. The van der Waals surface area contributed by atoms with Crippen LogP contribution >= 0.6 is 11.6 Å². The van der Waals surface area contributed by atoms with Crippen LogP contribution in [0.5, 0.6) is 17.2 Å². The van der Waals surface area contributed by atoms with E-state index in [0.717, 1.165) is 25.5 Å². The van der Waals surface area contributed by atoms with Gasteiger partial charge in [-0.05, 0) is 19.4 Å². The smallest absolute Gasteiger partial charge is 0.164 e. The molecular formula is C10H12ClNO3. The van der Waals surface area contributed by atoms with E-state index in [9.17, 15) is 15.3 Å². The molecule has 4 nitrogen and oxygen atoms in total. The molecule has 0 bridgehead atoms. The second kappa shape index (κ2) is 3.79. The predicted octanol–water partition coefficient (Wildman–Crippen LogP) is 1.88.